The predicted molar refractivity (Wildman–Crippen MR) is 136 cm³/mol. The van der Waals surface area contributed by atoms with Crippen molar-refractivity contribution in [2.24, 2.45) is 0 Å². The van der Waals surface area contributed by atoms with Gasteiger partial charge in [-0.05, 0) is 43.2 Å². The standard InChI is InChI=1S/C24H26N4O4S.ClH/c1-17-7-8-18-21(15-17)33-23(25-18)27(10-4-9-26-11-13-31-14-12-26)22(29)16-28-19-5-2-3-6-20(19)32-24(28)30;/h2-3,5-8,15H,4,9-14,16H2,1H3;1H. The molecule has 34 heavy (non-hydrogen) atoms. The largest absolute Gasteiger partial charge is 0.420 e. The van der Waals surface area contributed by atoms with Crippen molar-refractivity contribution in [3.05, 3.63) is 58.6 Å². The van der Waals surface area contributed by atoms with E-state index in [4.69, 9.17) is 14.1 Å². The van der Waals surface area contributed by atoms with Gasteiger partial charge in [0, 0.05) is 26.2 Å². The van der Waals surface area contributed by atoms with Crippen LogP contribution in [-0.4, -0.2) is 59.8 Å². The molecule has 1 aliphatic rings. The summed E-state index contributed by atoms with van der Waals surface area (Å²) in [5.41, 5.74) is 3.12. The second-order valence-electron chi connectivity index (χ2n) is 8.24. The molecule has 8 nitrogen and oxygen atoms in total. The molecule has 0 N–H and O–H groups in total. The number of hydrogen-bond acceptors (Lipinski definition) is 7. The Balaban J connectivity index is 0.00000274. The number of aromatic nitrogens is 2. The number of ether oxygens (including phenoxy) is 1. The van der Waals surface area contributed by atoms with Crippen LogP contribution in [0.3, 0.4) is 0 Å². The molecule has 0 unspecified atom stereocenters. The van der Waals surface area contributed by atoms with Crippen LogP contribution < -0.4 is 10.7 Å². The van der Waals surface area contributed by atoms with Crippen molar-refractivity contribution >= 4 is 56.1 Å². The molecule has 0 saturated carbocycles. The zero-order chi connectivity index (χ0) is 22.8. The molecule has 1 saturated heterocycles. The molecule has 0 spiro atoms. The Morgan fingerprint density at radius 2 is 1.97 bits per heavy atom. The van der Waals surface area contributed by atoms with Gasteiger partial charge in [0.2, 0.25) is 5.91 Å². The number of oxazole rings is 1. The molecular formula is C24H27ClN4O4S. The van der Waals surface area contributed by atoms with Crippen LogP contribution in [0, 0.1) is 6.92 Å². The summed E-state index contributed by atoms with van der Waals surface area (Å²) in [6.45, 7) is 6.66. The Labute approximate surface area is 207 Å². The van der Waals surface area contributed by atoms with Crippen LogP contribution in [0.25, 0.3) is 21.3 Å². The van der Waals surface area contributed by atoms with E-state index in [1.807, 2.05) is 25.1 Å². The van der Waals surface area contributed by atoms with Crippen LogP contribution >= 0.6 is 23.7 Å². The third kappa shape index (κ3) is 5.17. The quantitative estimate of drug-likeness (QED) is 0.383. The minimum atomic E-state index is -0.530. The van der Waals surface area contributed by atoms with Gasteiger partial charge in [-0.15, -0.1) is 12.4 Å². The number of amides is 1. The number of hydrogen-bond donors (Lipinski definition) is 0. The van der Waals surface area contributed by atoms with Crippen molar-refractivity contribution in [2.75, 3.05) is 44.3 Å². The van der Waals surface area contributed by atoms with Gasteiger partial charge < -0.3 is 9.15 Å². The highest BCUT2D eigenvalue weighted by atomic mass is 35.5. The summed E-state index contributed by atoms with van der Waals surface area (Å²) < 4.78 is 13.2. The molecule has 0 bridgehead atoms. The third-order valence-electron chi connectivity index (χ3n) is 5.89. The number of halogens is 1. The lowest BCUT2D eigenvalue weighted by Gasteiger charge is -2.27. The minimum absolute atomic E-state index is 0. The molecule has 1 fully saturated rings. The van der Waals surface area contributed by atoms with Crippen molar-refractivity contribution in [3.63, 3.8) is 0 Å². The number of aryl methyl sites for hydroxylation is 1. The monoisotopic (exact) mass is 502 g/mol. The van der Waals surface area contributed by atoms with Crippen molar-refractivity contribution in [2.45, 2.75) is 19.9 Å². The maximum absolute atomic E-state index is 13.5. The van der Waals surface area contributed by atoms with Gasteiger partial charge in [0.05, 0.1) is 28.9 Å². The summed E-state index contributed by atoms with van der Waals surface area (Å²) in [4.78, 5) is 34.7. The molecule has 5 rings (SSSR count). The van der Waals surface area contributed by atoms with Crippen LogP contribution in [0.1, 0.15) is 12.0 Å². The van der Waals surface area contributed by atoms with Crippen LogP contribution in [0.2, 0.25) is 0 Å². The summed E-state index contributed by atoms with van der Waals surface area (Å²) in [6, 6.07) is 13.2. The normalized spacial score (nSPS) is 14.4. The summed E-state index contributed by atoms with van der Waals surface area (Å²) in [6.07, 6.45) is 0.807. The van der Waals surface area contributed by atoms with Gasteiger partial charge in [-0.1, -0.05) is 29.5 Å². The second-order valence-corrected chi connectivity index (χ2v) is 9.25. The number of carbonyl (C=O) groups is 1. The second kappa shape index (κ2) is 10.7. The van der Waals surface area contributed by atoms with E-state index >= 15 is 0 Å². The Hall–Kier alpha value is -2.72. The van der Waals surface area contributed by atoms with Gasteiger partial charge in [-0.2, -0.15) is 0 Å². The van der Waals surface area contributed by atoms with E-state index in [0.29, 0.717) is 22.8 Å². The van der Waals surface area contributed by atoms with Crippen LogP contribution in [-0.2, 0) is 16.1 Å². The van der Waals surface area contributed by atoms with E-state index in [1.54, 1.807) is 23.1 Å². The lowest BCUT2D eigenvalue weighted by molar-refractivity contribution is -0.119. The fraction of sp³-hybridized carbons (Fsp3) is 0.375. The van der Waals surface area contributed by atoms with E-state index < -0.39 is 5.76 Å². The van der Waals surface area contributed by atoms with Gasteiger partial charge in [-0.3, -0.25) is 19.2 Å². The first kappa shape index (κ1) is 24.4. The number of morpholine rings is 1. The van der Waals surface area contributed by atoms with E-state index in [2.05, 4.69) is 11.0 Å². The SMILES string of the molecule is Cc1ccc2nc(N(CCCN3CCOCC3)C(=O)Cn3c(=O)oc4ccccc43)sc2c1.Cl. The number of nitrogens with zero attached hydrogens (tertiary/aromatic N) is 4. The predicted octanol–water partition coefficient (Wildman–Crippen LogP) is 3.69. The average molecular weight is 503 g/mol. The van der Waals surface area contributed by atoms with Gasteiger partial charge in [0.15, 0.2) is 10.7 Å². The van der Waals surface area contributed by atoms with Crippen molar-refractivity contribution < 1.29 is 13.9 Å². The Morgan fingerprint density at radius 3 is 2.79 bits per heavy atom. The van der Waals surface area contributed by atoms with Crippen LogP contribution in [0.4, 0.5) is 5.13 Å². The number of para-hydroxylation sites is 2. The topological polar surface area (TPSA) is 80.8 Å². The number of carbonyl (C=O) groups excluding carboxylic acids is 1. The van der Waals surface area contributed by atoms with Crippen LogP contribution in [0.15, 0.2) is 51.7 Å². The summed E-state index contributed by atoms with van der Waals surface area (Å²) in [5.74, 6) is -0.709. The molecule has 0 atom stereocenters. The Morgan fingerprint density at radius 1 is 1.18 bits per heavy atom. The van der Waals surface area contributed by atoms with E-state index in [0.717, 1.165) is 55.0 Å². The molecule has 4 aromatic rings. The van der Waals surface area contributed by atoms with Crippen molar-refractivity contribution in [3.8, 4) is 0 Å². The highest BCUT2D eigenvalue weighted by molar-refractivity contribution is 7.22. The molecule has 180 valence electrons. The summed E-state index contributed by atoms with van der Waals surface area (Å²) >= 11 is 1.50. The fourth-order valence-electron chi connectivity index (χ4n) is 4.12. The fourth-order valence-corrected chi connectivity index (χ4v) is 5.23. The molecule has 3 heterocycles. The first-order valence-electron chi connectivity index (χ1n) is 11.1. The third-order valence-corrected chi connectivity index (χ3v) is 6.93. The van der Waals surface area contributed by atoms with Crippen molar-refractivity contribution in [1.29, 1.82) is 0 Å². The zero-order valence-electron chi connectivity index (χ0n) is 18.9. The van der Waals surface area contributed by atoms with Crippen LogP contribution in [0.5, 0.6) is 0 Å². The Bertz CT molecular complexity index is 1340. The molecule has 0 radical (unpaired) electrons. The van der Waals surface area contributed by atoms with Gasteiger partial charge >= 0.3 is 5.76 Å². The summed E-state index contributed by atoms with van der Waals surface area (Å²) in [5, 5.41) is 0.656. The minimum Gasteiger partial charge on any atom is -0.408 e. The first-order chi connectivity index (χ1) is 16.1. The van der Waals surface area contributed by atoms with Crippen molar-refractivity contribution in [1.82, 2.24) is 14.5 Å². The lowest BCUT2D eigenvalue weighted by Crippen LogP contribution is -2.40. The Kier molecular flexibility index (Phi) is 7.67. The smallest absolute Gasteiger partial charge is 0.408 e. The number of fused-ring (bicyclic) bond motifs is 2. The zero-order valence-corrected chi connectivity index (χ0v) is 20.6. The molecule has 1 aliphatic heterocycles. The molecule has 0 aliphatic carbocycles. The summed E-state index contributed by atoms with van der Waals surface area (Å²) in [7, 11) is 0. The average Bonchev–Trinajstić information content (AvgIpc) is 3.37. The van der Waals surface area contributed by atoms with E-state index in [-0.39, 0.29) is 24.9 Å². The molecule has 1 amide bonds. The molecular weight excluding hydrogens is 476 g/mol. The number of benzene rings is 2. The number of anilines is 1. The first-order valence-corrected chi connectivity index (χ1v) is 12.0. The molecule has 2 aromatic heterocycles. The van der Waals surface area contributed by atoms with Gasteiger partial charge in [0.1, 0.15) is 6.54 Å². The van der Waals surface area contributed by atoms with E-state index in [1.165, 1.54) is 15.9 Å². The number of thiazole rings is 1. The molecule has 2 aromatic carbocycles. The highest BCUT2D eigenvalue weighted by Crippen LogP contribution is 2.30. The maximum Gasteiger partial charge on any atom is 0.420 e. The number of rotatable bonds is 7. The lowest BCUT2D eigenvalue weighted by atomic mass is 10.2. The molecule has 10 heteroatoms. The van der Waals surface area contributed by atoms with Gasteiger partial charge in [-0.25, -0.2) is 9.78 Å². The highest BCUT2D eigenvalue weighted by Gasteiger charge is 2.23. The maximum atomic E-state index is 13.5. The van der Waals surface area contributed by atoms with Gasteiger partial charge in [0.25, 0.3) is 0 Å². The van der Waals surface area contributed by atoms with E-state index in [9.17, 15) is 9.59 Å².